The zero-order valence-corrected chi connectivity index (χ0v) is 25.2. The van der Waals surface area contributed by atoms with Gasteiger partial charge in [-0.05, 0) is 75.8 Å². The molecule has 3 aliphatic rings. The van der Waals surface area contributed by atoms with Gasteiger partial charge in [0, 0.05) is 38.3 Å². The van der Waals surface area contributed by atoms with Crippen LogP contribution in [-0.4, -0.2) is 93.1 Å². The van der Waals surface area contributed by atoms with Crippen LogP contribution < -0.4 is 4.90 Å². The third-order valence-electron chi connectivity index (χ3n) is 8.05. The minimum Gasteiger partial charge on any atom is -0.457 e. The molecule has 0 spiro atoms. The van der Waals surface area contributed by atoms with E-state index < -0.39 is 15.6 Å². The van der Waals surface area contributed by atoms with Crippen molar-refractivity contribution in [3.8, 4) is 0 Å². The molecule has 11 nitrogen and oxygen atoms in total. The lowest BCUT2D eigenvalue weighted by molar-refractivity contribution is -0.123. The third kappa shape index (κ3) is 4.91. The van der Waals surface area contributed by atoms with E-state index in [9.17, 15) is 18.0 Å². The van der Waals surface area contributed by atoms with Crippen molar-refractivity contribution in [3.05, 3.63) is 47.5 Å². The number of hydrogen-bond acceptors (Lipinski definition) is 10. The van der Waals surface area contributed by atoms with Gasteiger partial charge in [-0.1, -0.05) is 6.07 Å². The van der Waals surface area contributed by atoms with Gasteiger partial charge in [0.25, 0.3) is 5.91 Å². The lowest BCUT2D eigenvalue weighted by Gasteiger charge is -2.34. The molecule has 2 saturated heterocycles. The Morgan fingerprint density at radius 3 is 2.56 bits per heavy atom. The zero-order chi connectivity index (χ0) is 28.9. The highest BCUT2D eigenvalue weighted by molar-refractivity contribution is 7.89. The molecule has 14 heteroatoms. The summed E-state index contributed by atoms with van der Waals surface area (Å²) in [6.07, 6.45) is 1.72. The van der Waals surface area contributed by atoms with Crippen molar-refractivity contribution < 1.29 is 22.7 Å². The Morgan fingerprint density at radius 1 is 1.02 bits per heavy atom. The maximum atomic E-state index is 13.4. The fraction of sp³-hybridized carbons (Fsp3) is 0.444. The first kappa shape index (κ1) is 28.1. The van der Waals surface area contributed by atoms with Crippen molar-refractivity contribution in [1.82, 2.24) is 22.9 Å². The number of thiocarbonyl (C=S) groups is 1. The normalized spacial score (nSPS) is 19.8. The highest BCUT2D eigenvalue weighted by Gasteiger charge is 2.49. The molecule has 1 aromatic heterocycles. The predicted molar refractivity (Wildman–Crippen MR) is 158 cm³/mol. The first-order valence-corrected chi connectivity index (χ1v) is 16.1. The maximum absolute atomic E-state index is 13.4. The summed E-state index contributed by atoms with van der Waals surface area (Å²) in [4.78, 5) is 31.2. The predicted octanol–water partition coefficient (Wildman–Crippen LogP) is 2.86. The molecule has 0 bridgehead atoms. The van der Waals surface area contributed by atoms with Crippen molar-refractivity contribution in [2.24, 2.45) is 0 Å². The summed E-state index contributed by atoms with van der Waals surface area (Å²) >= 11 is 6.77. The van der Waals surface area contributed by atoms with Gasteiger partial charge in [-0.15, -0.1) is 0 Å². The van der Waals surface area contributed by atoms with E-state index in [2.05, 4.69) is 13.6 Å². The number of aromatic nitrogens is 2. The van der Waals surface area contributed by atoms with Crippen LogP contribution in [0.2, 0.25) is 0 Å². The summed E-state index contributed by atoms with van der Waals surface area (Å²) in [5.74, 6) is -0.452. The van der Waals surface area contributed by atoms with Crippen LogP contribution in [0.5, 0.6) is 0 Å². The molecule has 41 heavy (non-hydrogen) atoms. The van der Waals surface area contributed by atoms with Crippen LogP contribution in [0.15, 0.2) is 41.3 Å². The van der Waals surface area contributed by atoms with E-state index in [4.69, 9.17) is 17.0 Å². The van der Waals surface area contributed by atoms with E-state index in [1.165, 1.54) is 4.31 Å². The number of anilines is 1. The minimum atomic E-state index is -3.65. The Morgan fingerprint density at radius 2 is 1.78 bits per heavy atom. The minimum absolute atomic E-state index is 0.103. The number of hydrogen-bond donors (Lipinski definition) is 0. The van der Waals surface area contributed by atoms with Crippen molar-refractivity contribution in [1.29, 1.82) is 0 Å². The number of piperazine rings is 1. The van der Waals surface area contributed by atoms with Crippen molar-refractivity contribution in [3.63, 3.8) is 0 Å². The van der Waals surface area contributed by atoms with Crippen molar-refractivity contribution in [2.75, 3.05) is 44.2 Å². The number of fused-ring (bicyclic) bond motifs is 2. The quantitative estimate of drug-likeness (QED) is 0.213. The number of cyclic esters (lactones) is 1. The van der Waals surface area contributed by atoms with Gasteiger partial charge in [0.2, 0.25) is 10.0 Å². The molecule has 2 aromatic carbocycles. The molecule has 0 unspecified atom stereocenters. The molecule has 0 atom stereocenters. The highest BCUT2D eigenvalue weighted by atomic mass is 32.2. The monoisotopic (exact) mass is 614 g/mol. The van der Waals surface area contributed by atoms with E-state index in [0.717, 1.165) is 36.7 Å². The lowest BCUT2D eigenvalue weighted by atomic mass is 10.0. The van der Waals surface area contributed by atoms with Crippen LogP contribution >= 0.6 is 23.9 Å². The molecule has 2 fully saturated rings. The Hall–Kier alpha value is -3.04. The van der Waals surface area contributed by atoms with Gasteiger partial charge < -0.3 is 14.5 Å². The second-order valence-corrected chi connectivity index (χ2v) is 13.7. The van der Waals surface area contributed by atoms with Crippen LogP contribution in [0.25, 0.3) is 11.0 Å². The van der Waals surface area contributed by atoms with Gasteiger partial charge in [0.15, 0.2) is 5.11 Å². The van der Waals surface area contributed by atoms with Crippen LogP contribution in [-0.2, 0) is 26.2 Å². The lowest BCUT2D eigenvalue weighted by Crippen LogP contribution is -2.49. The number of amides is 1. The number of carbonyl (C=O) groups excluding carboxylic acids is 2. The maximum Gasteiger partial charge on any atom is 0.338 e. The Balaban J connectivity index is 1.02. The number of carbonyl (C=O) groups is 2. The van der Waals surface area contributed by atoms with E-state index in [0.29, 0.717) is 60.1 Å². The largest absolute Gasteiger partial charge is 0.457 e. The fourth-order valence-electron chi connectivity index (χ4n) is 5.62. The summed E-state index contributed by atoms with van der Waals surface area (Å²) < 4.78 is 41.6. The molecular weight excluding hydrogens is 585 g/mol. The van der Waals surface area contributed by atoms with Crippen LogP contribution in [0.1, 0.15) is 42.6 Å². The third-order valence-corrected chi connectivity index (χ3v) is 10.9. The van der Waals surface area contributed by atoms with E-state index in [1.807, 2.05) is 18.7 Å². The standard InChI is InChI=1S/C27H30N6O5S3/c1-27(2)25(35)33(19-8-9-20-18(16-19)17-38-24(20)34)26(39)32(27)11-4-3-10-30-12-14-31(15-13-30)41(36,37)22-7-5-6-21-23(22)29-40-28-21/h5-9,16H,3-4,10-15,17H2,1-2H3. The molecule has 0 saturated carbocycles. The van der Waals surface area contributed by atoms with Gasteiger partial charge in [0.05, 0.1) is 23.0 Å². The SMILES string of the molecule is CC1(C)C(=O)N(c2ccc3c(c2)COC3=O)C(=S)N1CCCCN1CCN(S(=O)(=O)c2cccc3nsnc23)CC1. The Labute approximate surface area is 248 Å². The van der Waals surface area contributed by atoms with Gasteiger partial charge in [-0.2, -0.15) is 13.1 Å². The molecular formula is C27H30N6O5S3. The molecule has 3 aromatic rings. The number of benzene rings is 2. The number of sulfonamides is 1. The number of unbranched alkanes of at least 4 members (excludes halogenated alkanes) is 1. The molecule has 4 heterocycles. The summed E-state index contributed by atoms with van der Waals surface area (Å²) in [6, 6.07) is 10.3. The number of rotatable bonds is 8. The number of esters is 1. The molecule has 0 aliphatic carbocycles. The molecule has 216 valence electrons. The fourth-order valence-corrected chi connectivity index (χ4v) is 8.31. The Kier molecular flexibility index (Phi) is 7.30. The summed E-state index contributed by atoms with van der Waals surface area (Å²) in [6.45, 7) is 7.54. The average molecular weight is 615 g/mol. The second-order valence-electron chi connectivity index (χ2n) is 10.9. The van der Waals surface area contributed by atoms with Gasteiger partial charge in [0.1, 0.15) is 28.1 Å². The van der Waals surface area contributed by atoms with Crippen molar-refractivity contribution in [2.45, 2.75) is 43.7 Å². The molecule has 1 amide bonds. The van der Waals surface area contributed by atoms with E-state index in [1.54, 1.807) is 41.3 Å². The Bertz CT molecular complexity index is 1650. The van der Waals surface area contributed by atoms with Crippen LogP contribution in [0.4, 0.5) is 5.69 Å². The average Bonchev–Trinajstić information content (AvgIpc) is 3.63. The summed E-state index contributed by atoms with van der Waals surface area (Å²) in [5.41, 5.74) is 2.15. The van der Waals surface area contributed by atoms with Crippen LogP contribution in [0.3, 0.4) is 0 Å². The molecule has 0 N–H and O–H groups in total. The second kappa shape index (κ2) is 10.7. The summed E-state index contributed by atoms with van der Waals surface area (Å²) in [5, 5.41) is 0.453. The van der Waals surface area contributed by atoms with Gasteiger partial charge in [-0.25, -0.2) is 13.2 Å². The number of ether oxygens (including phenoxy) is 1. The molecule has 0 radical (unpaired) electrons. The first-order valence-electron chi connectivity index (χ1n) is 13.5. The summed E-state index contributed by atoms with van der Waals surface area (Å²) in [7, 11) is -3.65. The van der Waals surface area contributed by atoms with Gasteiger partial charge >= 0.3 is 5.97 Å². The number of nitrogens with zero attached hydrogens (tertiary/aromatic N) is 6. The zero-order valence-electron chi connectivity index (χ0n) is 22.8. The smallest absolute Gasteiger partial charge is 0.338 e. The van der Waals surface area contributed by atoms with Gasteiger partial charge in [-0.3, -0.25) is 9.69 Å². The van der Waals surface area contributed by atoms with E-state index in [-0.39, 0.29) is 23.4 Å². The van der Waals surface area contributed by atoms with Crippen LogP contribution in [0, 0.1) is 0 Å². The van der Waals surface area contributed by atoms with Crippen molar-refractivity contribution >= 4 is 67.7 Å². The molecule has 3 aliphatic heterocycles. The first-order chi connectivity index (χ1) is 19.6. The van der Waals surface area contributed by atoms with E-state index >= 15 is 0 Å². The highest BCUT2D eigenvalue weighted by Crippen LogP contribution is 2.34. The topological polar surface area (TPSA) is 116 Å². The molecule has 6 rings (SSSR count).